The van der Waals surface area contributed by atoms with E-state index in [1.165, 1.54) is 64.2 Å². The van der Waals surface area contributed by atoms with Gasteiger partial charge in [0.25, 0.3) is 0 Å². The second-order valence-corrected chi connectivity index (χ2v) is 7.80. The normalized spacial score (nSPS) is 15.7. The molecule has 1 saturated heterocycles. The first-order valence-corrected chi connectivity index (χ1v) is 11.3. The Hall–Kier alpha value is -1.26. The smallest absolute Gasteiger partial charge is 0.198 e. The monoisotopic (exact) mass is 392 g/mol. The van der Waals surface area contributed by atoms with E-state index in [1.54, 1.807) is 14.2 Å². The first-order chi connectivity index (χ1) is 13.8. The first kappa shape index (κ1) is 23.0. The molecule has 0 aromatic heterocycles. The van der Waals surface area contributed by atoms with Crippen molar-refractivity contribution in [2.45, 2.75) is 89.8 Å². The van der Waals surface area contributed by atoms with Crippen LogP contribution in [0.25, 0.3) is 0 Å². The van der Waals surface area contributed by atoms with Gasteiger partial charge in [-0.15, -0.1) is 0 Å². The number of hydrogen-bond donors (Lipinski definition) is 0. The predicted molar refractivity (Wildman–Crippen MR) is 114 cm³/mol. The Morgan fingerprint density at radius 1 is 0.786 bits per heavy atom. The Morgan fingerprint density at radius 2 is 1.36 bits per heavy atom. The van der Waals surface area contributed by atoms with Crippen LogP contribution in [0.4, 0.5) is 0 Å². The minimum Gasteiger partial charge on any atom is -0.497 e. The van der Waals surface area contributed by atoms with Gasteiger partial charge < -0.3 is 18.9 Å². The maximum Gasteiger partial charge on any atom is 0.198 e. The van der Waals surface area contributed by atoms with Crippen LogP contribution in [-0.2, 0) is 15.3 Å². The minimum atomic E-state index is -0.670. The number of benzene rings is 1. The van der Waals surface area contributed by atoms with Crippen molar-refractivity contribution in [3.8, 4) is 11.5 Å². The highest BCUT2D eigenvalue weighted by atomic mass is 16.7. The number of unbranched alkanes of at least 4 members (excludes halogenated alkanes) is 10. The third-order valence-electron chi connectivity index (χ3n) is 5.68. The van der Waals surface area contributed by atoms with E-state index in [-0.39, 0.29) is 0 Å². The molecule has 4 heteroatoms. The molecule has 1 aromatic rings. The van der Waals surface area contributed by atoms with Gasteiger partial charge in [-0.25, -0.2) is 0 Å². The van der Waals surface area contributed by atoms with Gasteiger partial charge in [-0.3, -0.25) is 0 Å². The Morgan fingerprint density at radius 3 is 1.89 bits per heavy atom. The SMILES string of the molecule is CCCCCCCCCCCCCC1(c2ccc(OC)cc2OC)OCCO1. The summed E-state index contributed by atoms with van der Waals surface area (Å²) in [7, 11) is 3.35. The summed E-state index contributed by atoms with van der Waals surface area (Å²) in [5.41, 5.74) is 0.973. The summed E-state index contributed by atoms with van der Waals surface area (Å²) in [6.45, 7) is 3.54. The van der Waals surface area contributed by atoms with Crippen LogP contribution in [0.2, 0.25) is 0 Å². The molecule has 0 saturated carbocycles. The summed E-state index contributed by atoms with van der Waals surface area (Å²) in [6.07, 6.45) is 15.5. The van der Waals surface area contributed by atoms with Crippen LogP contribution in [0.15, 0.2) is 18.2 Å². The minimum absolute atomic E-state index is 0.632. The molecule has 1 fully saturated rings. The van der Waals surface area contributed by atoms with Gasteiger partial charge >= 0.3 is 0 Å². The predicted octanol–water partition coefficient (Wildman–Crippen LogP) is 6.60. The van der Waals surface area contributed by atoms with E-state index in [1.807, 2.05) is 18.2 Å². The van der Waals surface area contributed by atoms with Crippen molar-refractivity contribution in [3.05, 3.63) is 23.8 Å². The summed E-state index contributed by atoms with van der Waals surface area (Å²) in [6, 6.07) is 5.87. The molecule has 0 spiro atoms. The average molecular weight is 393 g/mol. The average Bonchev–Trinajstić information content (AvgIpc) is 3.21. The van der Waals surface area contributed by atoms with E-state index in [9.17, 15) is 0 Å². The van der Waals surface area contributed by atoms with E-state index in [4.69, 9.17) is 18.9 Å². The standard InChI is InChI=1S/C24H40O4/c1-4-5-6-7-8-9-10-11-12-13-14-17-24(27-18-19-28-24)22-16-15-21(25-2)20-23(22)26-3/h15-16,20H,4-14,17-19H2,1-3H3. The van der Waals surface area contributed by atoms with Crippen LogP contribution in [0.5, 0.6) is 11.5 Å². The Balaban J connectivity index is 1.73. The molecule has 4 nitrogen and oxygen atoms in total. The molecule has 0 N–H and O–H groups in total. The lowest BCUT2D eigenvalue weighted by atomic mass is 9.97. The second-order valence-electron chi connectivity index (χ2n) is 7.80. The molecule has 0 aliphatic carbocycles. The van der Waals surface area contributed by atoms with Crippen LogP contribution in [0, 0.1) is 0 Å². The summed E-state index contributed by atoms with van der Waals surface area (Å²) in [4.78, 5) is 0. The molecule has 0 amide bonds. The lowest BCUT2D eigenvalue weighted by Crippen LogP contribution is -2.27. The highest BCUT2D eigenvalue weighted by molar-refractivity contribution is 5.43. The highest BCUT2D eigenvalue weighted by Gasteiger charge is 2.40. The molecule has 28 heavy (non-hydrogen) atoms. The fourth-order valence-electron chi connectivity index (χ4n) is 4.02. The quantitative estimate of drug-likeness (QED) is 0.315. The molecule has 0 unspecified atom stereocenters. The van der Waals surface area contributed by atoms with Crippen LogP contribution < -0.4 is 9.47 Å². The zero-order chi connectivity index (χ0) is 20.1. The van der Waals surface area contributed by atoms with Gasteiger partial charge in [0.1, 0.15) is 11.5 Å². The topological polar surface area (TPSA) is 36.9 Å². The van der Waals surface area contributed by atoms with E-state index in [0.29, 0.717) is 13.2 Å². The van der Waals surface area contributed by atoms with E-state index in [0.717, 1.165) is 29.9 Å². The Labute approximate surface area is 171 Å². The lowest BCUT2D eigenvalue weighted by molar-refractivity contribution is -0.172. The summed E-state index contributed by atoms with van der Waals surface area (Å²) in [5.74, 6) is 0.879. The zero-order valence-electron chi connectivity index (χ0n) is 18.3. The summed E-state index contributed by atoms with van der Waals surface area (Å²) < 4.78 is 23.1. The molecule has 0 radical (unpaired) electrons. The molecule has 0 bridgehead atoms. The van der Waals surface area contributed by atoms with Crippen LogP contribution in [0.3, 0.4) is 0 Å². The van der Waals surface area contributed by atoms with Gasteiger partial charge in [0.2, 0.25) is 0 Å². The molecule has 1 aliphatic heterocycles. The molecular formula is C24H40O4. The van der Waals surface area contributed by atoms with Crippen molar-refractivity contribution < 1.29 is 18.9 Å². The highest BCUT2D eigenvalue weighted by Crippen LogP contribution is 2.42. The van der Waals surface area contributed by atoms with Gasteiger partial charge in [-0.2, -0.15) is 0 Å². The lowest BCUT2D eigenvalue weighted by Gasteiger charge is -2.29. The van der Waals surface area contributed by atoms with Crippen LogP contribution in [-0.4, -0.2) is 27.4 Å². The Bertz CT molecular complexity index is 537. The van der Waals surface area contributed by atoms with Crippen molar-refractivity contribution in [2.75, 3.05) is 27.4 Å². The van der Waals surface area contributed by atoms with Gasteiger partial charge in [0.15, 0.2) is 5.79 Å². The summed E-state index contributed by atoms with van der Waals surface area (Å²) >= 11 is 0. The van der Waals surface area contributed by atoms with E-state index >= 15 is 0 Å². The first-order valence-electron chi connectivity index (χ1n) is 11.3. The molecule has 160 valence electrons. The van der Waals surface area contributed by atoms with Crippen LogP contribution in [0.1, 0.15) is 89.5 Å². The summed E-state index contributed by atoms with van der Waals surface area (Å²) in [5, 5.41) is 0. The van der Waals surface area contributed by atoms with Crippen LogP contribution >= 0.6 is 0 Å². The largest absolute Gasteiger partial charge is 0.497 e. The van der Waals surface area contributed by atoms with Gasteiger partial charge in [0.05, 0.1) is 33.0 Å². The van der Waals surface area contributed by atoms with Crippen molar-refractivity contribution in [1.29, 1.82) is 0 Å². The fourth-order valence-corrected chi connectivity index (χ4v) is 4.02. The molecule has 0 atom stereocenters. The maximum absolute atomic E-state index is 6.09. The second kappa shape index (κ2) is 13.1. The van der Waals surface area contributed by atoms with Gasteiger partial charge in [0, 0.05) is 12.5 Å². The third-order valence-corrected chi connectivity index (χ3v) is 5.68. The number of ether oxygens (including phenoxy) is 4. The zero-order valence-corrected chi connectivity index (χ0v) is 18.3. The number of rotatable bonds is 15. The Kier molecular flexibility index (Phi) is 10.7. The molecule has 1 heterocycles. The number of methoxy groups -OCH3 is 2. The molecular weight excluding hydrogens is 352 g/mol. The maximum atomic E-state index is 6.09. The van der Waals surface area contributed by atoms with Crippen molar-refractivity contribution >= 4 is 0 Å². The fraction of sp³-hybridized carbons (Fsp3) is 0.750. The van der Waals surface area contributed by atoms with Crippen molar-refractivity contribution in [2.24, 2.45) is 0 Å². The third kappa shape index (κ3) is 6.97. The van der Waals surface area contributed by atoms with E-state index in [2.05, 4.69) is 6.92 Å². The van der Waals surface area contributed by atoms with E-state index < -0.39 is 5.79 Å². The number of hydrogen-bond acceptors (Lipinski definition) is 4. The molecule has 1 aromatic carbocycles. The molecule has 2 rings (SSSR count). The molecule has 1 aliphatic rings. The van der Waals surface area contributed by atoms with Gasteiger partial charge in [-0.1, -0.05) is 71.1 Å². The van der Waals surface area contributed by atoms with Gasteiger partial charge in [-0.05, 0) is 18.6 Å². The van der Waals surface area contributed by atoms with Crippen molar-refractivity contribution in [3.63, 3.8) is 0 Å². The van der Waals surface area contributed by atoms with Crippen molar-refractivity contribution in [1.82, 2.24) is 0 Å².